The van der Waals surface area contributed by atoms with Crippen LogP contribution < -0.4 is 28.8 Å². The number of hydrogen-bond acceptors (Lipinski definition) is 26. The molecule has 0 bridgehead atoms. The van der Waals surface area contributed by atoms with E-state index in [1.165, 1.54) is 78.3 Å². The molecule has 5 N–H and O–H groups in total. The highest BCUT2D eigenvalue weighted by Crippen LogP contribution is 2.51. The van der Waals surface area contributed by atoms with Gasteiger partial charge in [-0.3, -0.25) is 61.8 Å². The second-order valence-electron chi connectivity index (χ2n) is 27.6. The number of aliphatic hydroxyl groups excluding tert-OH is 1. The smallest absolute Gasteiger partial charge is 0.459 e. The van der Waals surface area contributed by atoms with Gasteiger partial charge >= 0.3 is 41.1 Å². The van der Waals surface area contributed by atoms with Crippen LogP contribution in [0.25, 0.3) is 0 Å². The molecule has 3 amide bonds. The number of hydrogen-bond donors (Lipinski definition) is 5. The van der Waals surface area contributed by atoms with E-state index in [9.17, 15) is 57.5 Å². The lowest BCUT2D eigenvalue weighted by Gasteiger charge is -2.35. The Morgan fingerprint density at radius 3 is 1.15 bits per heavy atom. The molecule has 6 heterocycles. The summed E-state index contributed by atoms with van der Waals surface area (Å²) < 4.78 is 150. The normalized spacial score (nSPS) is 28.4. The van der Waals surface area contributed by atoms with Crippen molar-refractivity contribution in [1.29, 1.82) is 0 Å². The summed E-state index contributed by atoms with van der Waals surface area (Å²) in [4.78, 5) is 89.1. The molecule has 3 fully saturated rings. The van der Waals surface area contributed by atoms with Crippen LogP contribution in [-0.2, 0) is 98.7 Å². The van der Waals surface area contributed by atoms with E-state index in [1.54, 1.807) is 133 Å². The van der Waals surface area contributed by atoms with Gasteiger partial charge < -0.3 is 61.7 Å². The number of alkyl halides is 2. The first-order chi connectivity index (χ1) is 51.5. The van der Waals surface area contributed by atoms with E-state index < -0.39 is 169 Å². The minimum atomic E-state index is -4.29. The van der Waals surface area contributed by atoms with Gasteiger partial charge in [-0.2, -0.15) is 15.3 Å². The summed E-state index contributed by atoms with van der Waals surface area (Å²) in [6.45, 7) is 24.3. The standard InChI is InChI=1S/C25H34FN2O8P.C25H35N2O9P.C23H30FN2O9P/c1-16(2)34-23(30)18(4)27-37(31,36-19-10-8-7-9-11-19)33-15-20-22(32-6)25(5,26)24(35-20)28-13-12-17(3)14-21(28)29;1-16(2)34-23(29)18(4)26-37(31,36-19-10-8-7-9-11-19)33-15-20-22(32-6)25(5,30)24(35-20)27-13-12-17(3)14-21(27)28;1-14(2)33-21(30)15(3)25-36(31,35-17-8-6-5-7-9-17)32-13-18-20(29)23(4,24)22(34-18)26-11-10-16(27)12-19(26)28/h7-13,16,18,20,22,24H,3,14-15H2,1-2,4-6H3,(H,27,31);7-13,16,18,20,22,24,30H,3,14-15H2,1-2,4-6H3,(H,26,31);5-11,14-15,18,20,22,29H,12-13H2,1-4H3,(H,25,31)/t18-,20+,22+,24+,25+,37-;18-,20+,22+,24+,25-,37-;15-,18+,20+,22+,23+,36-/m000/s1. The van der Waals surface area contributed by atoms with Crippen LogP contribution in [0.3, 0.4) is 0 Å². The number of nitrogens with one attached hydrogen (secondary N) is 3. The Morgan fingerprint density at radius 1 is 0.500 bits per heavy atom. The van der Waals surface area contributed by atoms with Crippen LogP contribution in [0.15, 0.2) is 152 Å². The minimum absolute atomic E-state index is 0.0274. The van der Waals surface area contributed by atoms with Crippen LogP contribution in [0, 0.1) is 0 Å². The summed E-state index contributed by atoms with van der Waals surface area (Å²) in [5, 5.41) is 29.5. The van der Waals surface area contributed by atoms with Gasteiger partial charge in [-0.25, -0.2) is 22.5 Å². The first kappa shape index (κ1) is 89.5. The summed E-state index contributed by atoms with van der Waals surface area (Å²) in [5.41, 5.74) is -4.97. The molecule has 3 aromatic rings. The number of ether oxygens (including phenoxy) is 8. The van der Waals surface area contributed by atoms with Crippen LogP contribution >= 0.6 is 23.2 Å². The van der Waals surface area contributed by atoms with Crippen molar-refractivity contribution in [3.05, 3.63) is 152 Å². The van der Waals surface area contributed by atoms with E-state index in [0.29, 0.717) is 11.1 Å². The SMILES string of the molecule is C=C1C=CN([C@@H]2O[C@H](CO[P@@](=O)(N[C@@H](C)C(=O)OC(C)C)Oc3ccccc3)[C@@H](OC)[C@@]2(C)F)C(=O)C1.C=C1C=CN([C@@H]2O[C@H](CO[P@@](=O)(N[C@@H](C)C(=O)OC(C)C)Oc3ccccc3)[C@@H](OC)[C@]2(C)O)C(=O)C1.CC(C)OC(=O)[C@H](C)N[P@](=O)(OC[C@H]1O[C@@H](N2C=CC(=O)CC2=O)[C@](C)(F)[C@@H]1O)Oc1ccccc1. The number of allylic oxidation sites excluding steroid dienone is 3. The predicted molar refractivity (Wildman–Crippen MR) is 392 cm³/mol. The van der Waals surface area contributed by atoms with Gasteiger partial charge in [0, 0.05) is 32.8 Å². The Hall–Kier alpha value is -7.72. The Balaban J connectivity index is 0.000000229. The zero-order valence-electron chi connectivity index (χ0n) is 63.6. The van der Waals surface area contributed by atoms with Crippen LogP contribution in [0.2, 0.25) is 0 Å². The van der Waals surface area contributed by atoms with Crippen molar-refractivity contribution < 1.29 is 131 Å². The van der Waals surface area contributed by atoms with Crippen molar-refractivity contribution in [2.24, 2.45) is 0 Å². The average molecular weight is 1610 g/mol. The molecule has 32 nitrogen and oxygen atoms in total. The maximum absolute atomic E-state index is 15.9. The summed E-state index contributed by atoms with van der Waals surface area (Å²) in [5.74, 6) is -3.19. The van der Waals surface area contributed by atoms with Crippen molar-refractivity contribution in [2.45, 2.75) is 211 Å². The number of benzene rings is 3. The number of carbonyl (C=O) groups is 7. The summed E-state index contributed by atoms with van der Waals surface area (Å²) in [6, 6.07) is 21.4. The van der Waals surface area contributed by atoms with Gasteiger partial charge in [-0.05, 0) is 149 Å². The molecule has 0 radical (unpaired) electrons. The minimum Gasteiger partial charge on any atom is -0.462 e. The quantitative estimate of drug-likeness (QED) is 0.0168. The molecule has 37 heteroatoms. The Labute approximate surface area is 637 Å². The van der Waals surface area contributed by atoms with E-state index in [4.69, 9.17) is 65.0 Å². The second-order valence-corrected chi connectivity index (χ2v) is 32.7. The van der Waals surface area contributed by atoms with Gasteiger partial charge in [0.2, 0.25) is 17.7 Å². The van der Waals surface area contributed by atoms with Gasteiger partial charge in [0.25, 0.3) is 0 Å². The highest BCUT2D eigenvalue weighted by atomic mass is 31.2. The highest BCUT2D eigenvalue weighted by molar-refractivity contribution is 7.52. The third kappa shape index (κ3) is 23.9. The van der Waals surface area contributed by atoms with Crippen LogP contribution in [0.5, 0.6) is 17.2 Å². The van der Waals surface area contributed by atoms with Gasteiger partial charge in [0.15, 0.2) is 35.8 Å². The Morgan fingerprint density at radius 2 is 0.809 bits per heavy atom. The first-order valence-electron chi connectivity index (χ1n) is 35.1. The molecule has 18 atom stereocenters. The number of esters is 3. The number of para-hydroxylation sites is 3. The van der Waals surface area contributed by atoms with Gasteiger partial charge in [-0.15, -0.1) is 0 Å². The van der Waals surface area contributed by atoms with Crippen molar-refractivity contribution >= 4 is 64.7 Å². The van der Waals surface area contributed by atoms with Crippen molar-refractivity contribution in [3.8, 4) is 17.2 Å². The third-order valence-electron chi connectivity index (χ3n) is 17.0. The number of ketones is 1. The van der Waals surface area contributed by atoms with E-state index in [0.717, 1.165) is 29.0 Å². The average Bonchev–Trinajstić information content (AvgIpc) is 1.62. The molecule has 0 saturated carbocycles. The molecule has 0 aromatic heterocycles. The fourth-order valence-corrected chi connectivity index (χ4v) is 16.3. The molecule has 6 aliphatic heterocycles. The Kier molecular flexibility index (Phi) is 31.5. The topological polar surface area (TPSA) is 386 Å². The molecule has 9 rings (SSSR count). The van der Waals surface area contributed by atoms with Crippen LogP contribution in [0.1, 0.15) is 102 Å². The van der Waals surface area contributed by atoms with E-state index in [1.807, 2.05) is 0 Å². The van der Waals surface area contributed by atoms with Gasteiger partial charge in [-0.1, -0.05) is 67.8 Å². The fourth-order valence-electron chi connectivity index (χ4n) is 11.7. The molecule has 0 unspecified atom stereocenters. The van der Waals surface area contributed by atoms with E-state index in [2.05, 4.69) is 28.4 Å². The van der Waals surface area contributed by atoms with Crippen molar-refractivity contribution in [1.82, 2.24) is 30.0 Å². The summed E-state index contributed by atoms with van der Waals surface area (Å²) in [7, 11) is -9.99. The number of carbonyl (C=O) groups excluding carboxylic acids is 7. The molecule has 6 aliphatic rings. The number of methoxy groups -OCH3 is 2. The number of amides is 3. The van der Waals surface area contributed by atoms with Crippen molar-refractivity contribution in [3.63, 3.8) is 0 Å². The maximum Gasteiger partial charge on any atom is 0.459 e. The molecule has 0 aliphatic carbocycles. The van der Waals surface area contributed by atoms with Gasteiger partial charge in [0.1, 0.15) is 77.6 Å². The predicted octanol–water partition coefficient (Wildman–Crippen LogP) is 9.05. The van der Waals surface area contributed by atoms with Crippen LogP contribution in [0.4, 0.5) is 8.78 Å². The molecular formula is C73H99F2N6O26P3. The van der Waals surface area contributed by atoms with Gasteiger partial charge in [0.05, 0.1) is 57.4 Å². The molecule has 110 heavy (non-hydrogen) atoms. The lowest BCUT2D eigenvalue weighted by molar-refractivity contribution is -0.156. The Bertz CT molecular complexity index is 3800. The number of halogens is 2. The zero-order valence-corrected chi connectivity index (χ0v) is 66.3. The highest BCUT2D eigenvalue weighted by Gasteiger charge is 2.61. The zero-order chi connectivity index (χ0) is 81.4. The number of aliphatic hydroxyl groups is 2. The molecule has 3 saturated heterocycles. The summed E-state index contributed by atoms with van der Waals surface area (Å²) >= 11 is 0. The molecule has 606 valence electrons. The largest absolute Gasteiger partial charge is 0.462 e. The maximum atomic E-state index is 15.9. The molecule has 0 spiro atoms. The lowest BCUT2D eigenvalue weighted by atomic mass is 9.95. The molecule has 3 aromatic carbocycles. The number of nitrogens with zero attached hydrogens (tertiary/aromatic N) is 3. The third-order valence-corrected chi connectivity index (χ3v) is 21.9. The fraction of sp³-hybridized carbons (Fsp3) is 0.521. The lowest BCUT2D eigenvalue weighted by Crippen LogP contribution is -2.54. The van der Waals surface area contributed by atoms with Crippen LogP contribution in [-0.4, -0.2) is 209 Å². The number of rotatable bonds is 32. The summed E-state index contributed by atoms with van der Waals surface area (Å²) in [6.07, 6.45) is -4.36. The van der Waals surface area contributed by atoms with E-state index in [-0.39, 0.29) is 60.7 Å². The monoisotopic (exact) mass is 1610 g/mol. The second kappa shape index (κ2) is 38.7. The first-order valence-corrected chi connectivity index (χ1v) is 39.8. The van der Waals surface area contributed by atoms with Crippen molar-refractivity contribution in [2.75, 3.05) is 34.0 Å². The van der Waals surface area contributed by atoms with E-state index >= 15 is 8.78 Å². The molecular weight excluding hydrogens is 1510 g/mol.